The van der Waals surface area contributed by atoms with Gasteiger partial charge in [-0.2, -0.15) is 0 Å². The molecule has 1 saturated heterocycles. The molecule has 0 spiro atoms. The molecule has 29 heavy (non-hydrogen) atoms. The van der Waals surface area contributed by atoms with Gasteiger partial charge in [-0.1, -0.05) is 46.3 Å². The zero-order valence-corrected chi connectivity index (χ0v) is 17.3. The molecule has 1 fully saturated rings. The molecule has 0 saturated carbocycles. The second kappa shape index (κ2) is 8.69. The van der Waals surface area contributed by atoms with E-state index in [2.05, 4.69) is 36.1 Å². The van der Waals surface area contributed by atoms with Gasteiger partial charge < -0.3 is 10.2 Å². The molecule has 4 rings (SSSR count). The Balaban J connectivity index is 1.48. The summed E-state index contributed by atoms with van der Waals surface area (Å²) >= 11 is 3.22. The zero-order valence-electron chi connectivity index (χ0n) is 15.7. The van der Waals surface area contributed by atoms with Gasteiger partial charge in [-0.05, 0) is 31.0 Å². The number of amides is 1. The third-order valence-electron chi connectivity index (χ3n) is 5.03. The van der Waals surface area contributed by atoms with E-state index < -0.39 is 5.82 Å². The molecule has 1 amide bonds. The molecule has 0 bridgehead atoms. The fraction of sp³-hybridized carbons (Fsp3) is 0.227. The number of nitrogens with one attached hydrogen (secondary N) is 1. The highest BCUT2D eigenvalue weighted by molar-refractivity contribution is 9.10. The van der Waals surface area contributed by atoms with Gasteiger partial charge in [-0.3, -0.25) is 4.79 Å². The van der Waals surface area contributed by atoms with Gasteiger partial charge in [-0.25, -0.2) is 14.4 Å². The van der Waals surface area contributed by atoms with E-state index >= 15 is 0 Å². The predicted molar refractivity (Wildman–Crippen MR) is 115 cm³/mol. The summed E-state index contributed by atoms with van der Waals surface area (Å²) in [7, 11) is 0. The Bertz CT molecular complexity index is 1010. The first-order chi connectivity index (χ1) is 14.1. The second-order valence-corrected chi connectivity index (χ2v) is 7.94. The number of rotatable bonds is 4. The molecule has 1 aromatic heterocycles. The van der Waals surface area contributed by atoms with Crippen LogP contribution in [0.4, 0.5) is 15.9 Å². The molecule has 0 aliphatic carbocycles. The van der Waals surface area contributed by atoms with Crippen LogP contribution in [0.5, 0.6) is 0 Å². The maximum Gasteiger partial charge on any atom is 0.229 e. The first-order valence-electron chi connectivity index (χ1n) is 9.48. The van der Waals surface area contributed by atoms with Gasteiger partial charge in [0.15, 0.2) is 0 Å². The van der Waals surface area contributed by atoms with E-state index in [0.717, 1.165) is 36.5 Å². The molecule has 1 atom stereocenters. The van der Waals surface area contributed by atoms with Crippen molar-refractivity contribution in [3.8, 4) is 11.3 Å². The van der Waals surface area contributed by atoms with Gasteiger partial charge >= 0.3 is 0 Å². The Morgan fingerprint density at radius 3 is 2.76 bits per heavy atom. The molecule has 1 N–H and O–H groups in total. The standard InChI is InChI=1S/C22H20BrFN4O/c23-17-8-9-19(18(24)11-17)27-22(29)16-7-4-10-28(13-16)21-12-20(25-14-26-21)15-5-2-1-3-6-15/h1-3,5-6,8-9,11-12,14,16H,4,7,10,13H2,(H,27,29). The molecule has 2 heterocycles. The van der Waals surface area contributed by atoms with Crippen LogP contribution in [-0.2, 0) is 4.79 Å². The quantitative estimate of drug-likeness (QED) is 0.608. The molecule has 1 aliphatic rings. The first-order valence-corrected chi connectivity index (χ1v) is 10.3. The number of hydrogen-bond acceptors (Lipinski definition) is 4. The van der Waals surface area contributed by atoms with E-state index in [-0.39, 0.29) is 17.5 Å². The van der Waals surface area contributed by atoms with Gasteiger partial charge in [-0.15, -0.1) is 0 Å². The van der Waals surface area contributed by atoms with E-state index in [4.69, 9.17) is 0 Å². The Morgan fingerprint density at radius 2 is 1.97 bits per heavy atom. The Morgan fingerprint density at radius 1 is 1.14 bits per heavy atom. The first kappa shape index (κ1) is 19.5. The van der Waals surface area contributed by atoms with Gasteiger partial charge in [0.05, 0.1) is 17.3 Å². The maximum atomic E-state index is 14.1. The lowest BCUT2D eigenvalue weighted by Gasteiger charge is -2.33. The van der Waals surface area contributed by atoms with E-state index in [9.17, 15) is 9.18 Å². The minimum atomic E-state index is -0.455. The molecule has 1 aliphatic heterocycles. The minimum absolute atomic E-state index is 0.173. The summed E-state index contributed by atoms with van der Waals surface area (Å²) in [6.45, 7) is 1.36. The summed E-state index contributed by atoms with van der Waals surface area (Å²) in [6, 6.07) is 16.5. The van der Waals surface area contributed by atoms with Gasteiger partial charge in [0.25, 0.3) is 0 Å². The fourth-order valence-electron chi connectivity index (χ4n) is 3.51. The summed E-state index contributed by atoms with van der Waals surface area (Å²) in [5, 5.41) is 2.72. The topological polar surface area (TPSA) is 58.1 Å². The average Bonchev–Trinajstić information content (AvgIpc) is 2.76. The van der Waals surface area contributed by atoms with Crippen molar-refractivity contribution in [2.75, 3.05) is 23.3 Å². The van der Waals surface area contributed by atoms with Gasteiger partial charge in [0.2, 0.25) is 5.91 Å². The number of anilines is 2. The van der Waals surface area contributed by atoms with Crippen molar-refractivity contribution in [1.29, 1.82) is 0 Å². The Hall–Kier alpha value is -2.80. The molecule has 1 unspecified atom stereocenters. The monoisotopic (exact) mass is 454 g/mol. The largest absolute Gasteiger partial charge is 0.356 e. The summed E-state index contributed by atoms with van der Waals surface area (Å²) < 4.78 is 14.7. The maximum absolute atomic E-state index is 14.1. The number of piperidine rings is 1. The van der Waals surface area contributed by atoms with Crippen LogP contribution in [0.15, 0.2) is 65.4 Å². The lowest BCUT2D eigenvalue weighted by atomic mass is 9.97. The Kier molecular flexibility index (Phi) is 5.85. The van der Waals surface area contributed by atoms with E-state index in [1.165, 1.54) is 6.07 Å². The highest BCUT2D eigenvalue weighted by Crippen LogP contribution is 2.26. The van der Waals surface area contributed by atoms with E-state index in [0.29, 0.717) is 11.0 Å². The predicted octanol–water partition coefficient (Wildman–Crippen LogP) is 4.90. The van der Waals surface area contributed by atoms with Gasteiger partial charge in [0, 0.05) is 29.2 Å². The third kappa shape index (κ3) is 4.62. The van der Waals surface area contributed by atoms with Crippen molar-refractivity contribution in [2.24, 2.45) is 5.92 Å². The van der Waals surface area contributed by atoms with Crippen LogP contribution >= 0.6 is 15.9 Å². The van der Waals surface area contributed by atoms with Crippen molar-refractivity contribution >= 4 is 33.3 Å². The summed E-state index contributed by atoms with van der Waals surface area (Å²) in [5.74, 6) is -0.0648. The van der Waals surface area contributed by atoms with Crippen LogP contribution in [0.25, 0.3) is 11.3 Å². The minimum Gasteiger partial charge on any atom is -0.356 e. The van der Waals surface area contributed by atoms with Crippen molar-refractivity contribution in [1.82, 2.24) is 9.97 Å². The summed E-state index contributed by atoms with van der Waals surface area (Å²) in [5.41, 5.74) is 2.07. The Labute approximate surface area is 177 Å². The summed E-state index contributed by atoms with van der Waals surface area (Å²) in [6.07, 6.45) is 3.18. The van der Waals surface area contributed by atoms with Crippen LogP contribution in [0.1, 0.15) is 12.8 Å². The SMILES string of the molecule is O=C(Nc1ccc(Br)cc1F)C1CCCN(c2cc(-c3ccccc3)ncn2)C1. The van der Waals surface area contributed by atoms with Crippen molar-refractivity contribution in [2.45, 2.75) is 12.8 Å². The molecule has 0 radical (unpaired) electrons. The van der Waals surface area contributed by atoms with Crippen LogP contribution in [0.3, 0.4) is 0 Å². The highest BCUT2D eigenvalue weighted by atomic mass is 79.9. The van der Waals surface area contributed by atoms with Gasteiger partial charge in [0.1, 0.15) is 18.0 Å². The number of aromatic nitrogens is 2. The number of carbonyl (C=O) groups is 1. The normalized spacial score (nSPS) is 16.5. The highest BCUT2D eigenvalue weighted by Gasteiger charge is 2.27. The number of hydrogen-bond donors (Lipinski definition) is 1. The fourth-order valence-corrected chi connectivity index (χ4v) is 3.84. The number of carbonyl (C=O) groups excluding carboxylic acids is 1. The second-order valence-electron chi connectivity index (χ2n) is 7.03. The van der Waals surface area contributed by atoms with Crippen molar-refractivity contribution in [3.05, 3.63) is 71.2 Å². The van der Waals surface area contributed by atoms with Crippen molar-refractivity contribution < 1.29 is 9.18 Å². The van der Waals surface area contributed by atoms with Crippen LogP contribution in [-0.4, -0.2) is 29.0 Å². The van der Waals surface area contributed by atoms with Crippen LogP contribution in [0.2, 0.25) is 0 Å². The molecule has 7 heteroatoms. The van der Waals surface area contributed by atoms with Crippen LogP contribution in [0, 0.1) is 11.7 Å². The summed E-state index contributed by atoms with van der Waals surface area (Å²) in [4.78, 5) is 23.6. The lowest BCUT2D eigenvalue weighted by molar-refractivity contribution is -0.120. The molecule has 148 valence electrons. The molecule has 3 aromatic rings. The third-order valence-corrected chi connectivity index (χ3v) is 5.52. The molecule has 2 aromatic carbocycles. The number of benzene rings is 2. The zero-order chi connectivity index (χ0) is 20.2. The van der Waals surface area contributed by atoms with E-state index in [1.54, 1.807) is 18.5 Å². The molecular weight excluding hydrogens is 435 g/mol. The van der Waals surface area contributed by atoms with E-state index in [1.807, 2.05) is 36.4 Å². The number of nitrogens with zero attached hydrogens (tertiary/aromatic N) is 3. The van der Waals surface area contributed by atoms with Crippen LogP contribution < -0.4 is 10.2 Å². The number of halogens is 2. The van der Waals surface area contributed by atoms with Crippen molar-refractivity contribution in [3.63, 3.8) is 0 Å². The molecular formula is C22H20BrFN4O. The average molecular weight is 455 g/mol. The molecule has 5 nitrogen and oxygen atoms in total. The smallest absolute Gasteiger partial charge is 0.229 e. The lowest BCUT2D eigenvalue weighted by Crippen LogP contribution is -2.41.